The fourth-order valence-corrected chi connectivity index (χ4v) is 1.98. The molecule has 0 fully saturated rings. The van der Waals surface area contributed by atoms with Gasteiger partial charge in [-0.2, -0.15) is 23.4 Å². The number of hydrogen-bond acceptors (Lipinski definition) is 3. The van der Waals surface area contributed by atoms with Crippen LogP contribution in [0.25, 0.3) is 0 Å². The minimum atomic E-state index is -4.67. The highest BCUT2D eigenvalue weighted by molar-refractivity contribution is 6.32. The Morgan fingerprint density at radius 1 is 1.45 bits per heavy atom. The first-order chi connectivity index (χ1) is 9.23. The average molecular weight is 307 g/mol. The molecule has 0 saturated carbocycles. The molecule has 0 aliphatic carbocycles. The van der Waals surface area contributed by atoms with Gasteiger partial charge in [-0.15, -0.1) is 0 Å². The summed E-state index contributed by atoms with van der Waals surface area (Å²) in [5.41, 5.74) is -1.12. The SMILES string of the molecule is Cc1c(Cl)c(C(F)(F)F)nn1[C@@H](C)C(=O)n1cccn1. The summed E-state index contributed by atoms with van der Waals surface area (Å²) in [6.45, 7) is 2.80. The molecular formula is C11H10ClF3N4O. The van der Waals surface area contributed by atoms with E-state index in [0.717, 1.165) is 9.36 Å². The van der Waals surface area contributed by atoms with Gasteiger partial charge in [0.2, 0.25) is 0 Å². The van der Waals surface area contributed by atoms with Gasteiger partial charge in [-0.3, -0.25) is 9.48 Å². The van der Waals surface area contributed by atoms with Crippen LogP contribution < -0.4 is 0 Å². The molecule has 2 aromatic heterocycles. The average Bonchev–Trinajstić information content (AvgIpc) is 2.97. The topological polar surface area (TPSA) is 52.7 Å². The molecule has 0 aliphatic rings. The molecule has 108 valence electrons. The van der Waals surface area contributed by atoms with E-state index in [0.29, 0.717) is 0 Å². The van der Waals surface area contributed by atoms with Crippen molar-refractivity contribution >= 4 is 17.5 Å². The maximum atomic E-state index is 12.7. The summed E-state index contributed by atoms with van der Waals surface area (Å²) in [7, 11) is 0. The molecular weight excluding hydrogens is 297 g/mol. The van der Waals surface area contributed by atoms with Crippen molar-refractivity contribution in [3.63, 3.8) is 0 Å². The van der Waals surface area contributed by atoms with Gasteiger partial charge < -0.3 is 0 Å². The van der Waals surface area contributed by atoms with Crippen LogP contribution in [0.2, 0.25) is 5.02 Å². The summed E-state index contributed by atoms with van der Waals surface area (Å²) >= 11 is 5.64. The first-order valence-electron chi connectivity index (χ1n) is 5.59. The summed E-state index contributed by atoms with van der Waals surface area (Å²) < 4.78 is 40.1. The van der Waals surface area contributed by atoms with Gasteiger partial charge in [0.05, 0.1) is 10.7 Å². The minimum absolute atomic E-state index is 0.0759. The predicted molar refractivity (Wildman–Crippen MR) is 64.5 cm³/mol. The second-order valence-electron chi connectivity index (χ2n) is 4.16. The minimum Gasteiger partial charge on any atom is -0.270 e. The van der Waals surface area contributed by atoms with Crippen LogP contribution in [0.5, 0.6) is 0 Å². The van der Waals surface area contributed by atoms with Crippen molar-refractivity contribution in [2.75, 3.05) is 0 Å². The molecule has 2 rings (SSSR count). The van der Waals surface area contributed by atoms with E-state index in [1.165, 1.54) is 32.3 Å². The van der Waals surface area contributed by atoms with E-state index >= 15 is 0 Å². The largest absolute Gasteiger partial charge is 0.436 e. The van der Waals surface area contributed by atoms with Crippen molar-refractivity contribution in [1.29, 1.82) is 0 Å². The smallest absolute Gasteiger partial charge is 0.270 e. The summed E-state index contributed by atoms with van der Waals surface area (Å²) in [6.07, 6.45) is -1.86. The molecule has 0 N–H and O–H groups in total. The van der Waals surface area contributed by atoms with Crippen LogP contribution in [0.3, 0.4) is 0 Å². The number of nitrogens with zero attached hydrogens (tertiary/aromatic N) is 4. The number of aromatic nitrogens is 4. The molecule has 2 aromatic rings. The highest BCUT2D eigenvalue weighted by Crippen LogP contribution is 2.36. The van der Waals surface area contributed by atoms with Crippen molar-refractivity contribution in [2.45, 2.75) is 26.1 Å². The zero-order valence-electron chi connectivity index (χ0n) is 10.5. The zero-order valence-corrected chi connectivity index (χ0v) is 11.3. The van der Waals surface area contributed by atoms with Gasteiger partial charge in [0.25, 0.3) is 5.91 Å². The zero-order chi connectivity index (χ0) is 15.1. The second kappa shape index (κ2) is 4.93. The van der Waals surface area contributed by atoms with Crippen molar-refractivity contribution in [2.24, 2.45) is 0 Å². The Hall–Kier alpha value is -1.83. The summed E-state index contributed by atoms with van der Waals surface area (Å²) in [5.74, 6) is -0.508. The van der Waals surface area contributed by atoms with E-state index in [4.69, 9.17) is 11.6 Å². The number of hydrogen-bond donors (Lipinski definition) is 0. The third-order valence-electron chi connectivity index (χ3n) is 2.80. The van der Waals surface area contributed by atoms with Crippen LogP contribution in [0, 0.1) is 6.92 Å². The highest BCUT2D eigenvalue weighted by Gasteiger charge is 2.39. The molecule has 0 aliphatic heterocycles. The lowest BCUT2D eigenvalue weighted by Gasteiger charge is -2.12. The normalized spacial score (nSPS) is 13.5. The Balaban J connectivity index is 2.41. The third-order valence-corrected chi connectivity index (χ3v) is 3.25. The van der Waals surface area contributed by atoms with Crippen molar-refractivity contribution in [3.05, 3.63) is 34.9 Å². The molecule has 9 heteroatoms. The Labute approximate surface area is 116 Å². The molecule has 2 heterocycles. The summed E-state index contributed by atoms with van der Waals surface area (Å²) in [6, 6.07) is 0.581. The van der Waals surface area contributed by atoms with Crippen LogP contribution in [-0.4, -0.2) is 25.5 Å². The lowest BCUT2D eigenvalue weighted by Crippen LogP contribution is -2.25. The number of carbonyl (C=O) groups excluding carboxylic acids is 1. The summed E-state index contributed by atoms with van der Waals surface area (Å²) in [5, 5.41) is 6.65. The van der Waals surface area contributed by atoms with E-state index in [9.17, 15) is 18.0 Å². The van der Waals surface area contributed by atoms with Gasteiger partial charge in [0.1, 0.15) is 6.04 Å². The first kappa shape index (κ1) is 14.6. The van der Waals surface area contributed by atoms with Crippen molar-refractivity contribution in [3.8, 4) is 0 Å². The van der Waals surface area contributed by atoms with Crippen LogP contribution >= 0.6 is 11.6 Å². The molecule has 0 unspecified atom stereocenters. The Morgan fingerprint density at radius 3 is 2.55 bits per heavy atom. The lowest BCUT2D eigenvalue weighted by atomic mass is 10.3. The molecule has 0 saturated heterocycles. The molecule has 5 nitrogen and oxygen atoms in total. The number of alkyl halides is 3. The van der Waals surface area contributed by atoms with E-state index in [1.54, 1.807) is 0 Å². The standard InChI is InChI=1S/C11H10ClF3N4O/c1-6-8(12)9(11(13,14)15)17-19(6)7(2)10(20)18-5-3-4-16-18/h3-5,7H,1-2H3/t7-/m0/s1. The van der Waals surface area contributed by atoms with E-state index in [2.05, 4.69) is 10.2 Å². The summed E-state index contributed by atoms with van der Waals surface area (Å²) in [4.78, 5) is 12.0. The van der Waals surface area contributed by atoms with Gasteiger partial charge >= 0.3 is 6.18 Å². The third kappa shape index (κ3) is 2.43. The maximum Gasteiger partial charge on any atom is 0.436 e. The fraction of sp³-hybridized carbons (Fsp3) is 0.364. The van der Waals surface area contributed by atoms with Gasteiger partial charge in [-0.1, -0.05) is 11.6 Å². The Bertz CT molecular complexity index is 633. The van der Waals surface area contributed by atoms with Crippen LogP contribution in [0.15, 0.2) is 18.5 Å². The predicted octanol–water partition coefficient (Wildman–Crippen LogP) is 2.96. The molecule has 20 heavy (non-hydrogen) atoms. The second-order valence-corrected chi connectivity index (χ2v) is 4.53. The fourth-order valence-electron chi connectivity index (χ4n) is 1.75. The Kier molecular flexibility index (Phi) is 3.59. The van der Waals surface area contributed by atoms with Crippen molar-refractivity contribution < 1.29 is 18.0 Å². The molecule has 0 spiro atoms. The van der Waals surface area contributed by atoms with Crippen LogP contribution in [0.4, 0.5) is 13.2 Å². The van der Waals surface area contributed by atoms with Gasteiger partial charge in [-0.05, 0) is 19.9 Å². The molecule has 0 amide bonds. The van der Waals surface area contributed by atoms with Crippen LogP contribution in [-0.2, 0) is 6.18 Å². The molecule has 1 atom stereocenters. The molecule has 0 radical (unpaired) electrons. The lowest BCUT2D eigenvalue weighted by molar-refractivity contribution is -0.141. The molecule has 0 aromatic carbocycles. The Morgan fingerprint density at radius 2 is 2.10 bits per heavy atom. The van der Waals surface area contributed by atoms with E-state index in [1.807, 2.05) is 0 Å². The number of halogens is 4. The quantitative estimate of drug-likeness (QED) is 0.857. The maximum absolute atomic E-state index is 12.7. The number of carbonyl (C=O) groups is 1. The van der Waals surface area contributed by atoms with Gasteiger partial charge in [-0.25, -0.2) is 4.68 Å². The first-order valence-corrected chi connectivity index (χ1v) is 5.97. The van der Waals surface area contributed by atoms with Gasteiger partial charge in [0.15, 0.2) is 5.69 Å². The van der Waals surface area contributed by atoms with Crippen LogP contribution in [0.1, 0.15) is 29.1 Å². The van der Waals surface area contributed by atoms with E-state index in [-0.39, 0.29) is 5.69 Å². The van der Waals surface area contributed by atoms with Crippen molar-refractivity contribution in [1.82, 2.24) is 19.6 Å². The highest BCUT2D eigenvalue weighted by atomic mass is 35.5. The van der Waals surface area contributed by atoms with E-state index < -0.39 is 28.8 Å². The van der Waals surface area contributed by atoms with Gasteiger partial charge in [0, 0.05) is 12.4 Å². The number of rotatable bonds is 2. The molecule has 0 bridgehead atoms. The monoisotopic (exact) mass is 306 g/mol.